The summed E-state index contributed by atoms with van der Waals surface area (Å²) in [6.07, 6.45) is 2.06. The molecule has 0 aliphatic carbocycles. The van der Waals surface area contributed by atoms with Crippen LogP contribution in [0, 0.1) is 0 Å². The Morgan fingerprint density at radius 3 is 2.60 bits per heavy atom. The van der Waals surface area contributed by atoms with E-state index in [0.29, 0.717) is 0 Å². The van der Waals surface area contributed by atoms with E-state index in [2.05, 4.69) is 25.5 Å². The minimum Gasteiger partial charge on any atom is -0.312 e. The maximum atomic E-state index is 5.76. The first-order chi connectivity index (χ1) is 4.64. The van der Waals surface area contributed by atoms with E-state index in [-0.39, 0.29) is 0 Å². The third-order valence-corrected chi connectivity index (χ3v) is 3.80. The monoisotopic (exact) mass is 273 g/mol. The molecule has 1 aliphatic rings. The van der Waals surface area contributed by atoms with Crippen LogP contribution in [0.4, 0.5) is 0 Å². The Labute approximate surface area is 77.6 Å². The summed E-state index contributed by atoms with van der Waals surface area (Å²) in [5, 5.41) is 0. The molecule has 0 radical (unpaired) electrons. The second kappa shape index (κ2) is 3.57. The Balaban J connectivity index is 2.40. The zero-order valence-corrected chi connectivity index (χ0v) is 8.69. The van der Waals surface area contributed by atoms with Gasteiger partial charge < -0.3 is 11.5 Å². The molecule has 3 nitrogen and oxygen atoms in total. The third kappa shape index (κ3) is 2.54. The summed E-state index contributed by atoms with van der Waals surface area (Å²) in [7, 11) is 1.69. The SMILES string of the molecule is NC1(N)CCCN(SI)C1. The van der Waals surface area contributed by atoms with Crippen molar-refractivity contribution in [1.82, 2.24) is 4.31 Å². The van der Waals surface area contributed by atoms with Gasteiger partial charge in [0.15, 0.2) is 0 Å². The van der Waals surface area contributed by atoms with E-state index in [0.717, 1.165) is 25.9 Å². The number of halogens is 1. The second-order valence-corrected chi connectivity index (χ2v) is 4.61. The van der Waals surface area contributed by atoms with Gasteiger partial charge >= 0.3 is 0 Å². The van der Waals surface area contributed by atoms with Crippen molar-refractivity contribution < 1.29 is 0 Å². The van der Waals surface area contributed by atoms with E-state index in [1.165, 1.54) is 0 Å². The summed E-state index contributed by atoms with van der Waals surface area (Å²) in [5.41, 5.74) is 11.1. The molecule has 0 aromatic carbocycles. The van der Waals surface area contributed by atoms with Crippen molar-refractivity contribution in [3.63, 3.8) is 0 Å². The summed E-state index contributed by atoms with van der Waals surface area (Å²) in [5.74, 6) is 0. The van der Waals surface area contributed by atoms with Crippen molar-refractivity contribution in [3.05, 3.63) is 0 Å². The Morgan fingerprint density at radius 2 is 2.20 bits per heavy atom. The lowest BCUT2D eigenvalue weighted by Gasteiger charge is -2.35. The molecule has 1 rings (SSSR count). The van der Waals surface area contributed by atoms with Gasteiger partial charge in [-0.1, -0.05) is 0 Å². The van der Waals surface area contributed by atoms with Gasteiger partial charge in [-0.2, -0.15) is 0 Å². The van der Waals surface area contributed by atoms with Gasteiger partial charge in [-0.3, -0.25) is 0 Å². The normalized spacial score (nSPS) is 26.7. The predicted molar refractivity (Wildman–Crippen MR) is 53.5 cm³/mol. The molecule has 5 heteroatoms. The zero-order valence-electron chi connectivity index (χ0n) is 5.72. The van der Waals surface area contributed by atoms with Crippen molar-refractivity contribution in [2.24, 2.45) is 11.5 Å². The Bertz CT molecular complexity index is 119. The molecule has 0 spiro atoms. The molecule has 0 aromatic rings. The highest BCUT2D eigenvalue weighted by atomic mass is 127. The minimum atomic E-state index is -0.448. The molecule has 1 aliphatic heterocycles. The molecule has 0 amide bonds. The van der Waals surface area contributed by atoms with E-state index in [1.54, 1.807) is 9.12 Å². The molecule has 1 saturated heterocycles. The Kier molecular flexibility index (Phi) is 3.23. The van der Waals surface area contributed by atoms with Gasteiger partial charge in [0.1, 0.15) is 0 Å². The van der Waals surface area contributed by atoms with Gasteiger partial charge in [-0.25, -0.2) is 4.31 Å². The van der Waals surface area contributed by atoms with E-state index >= 15 is 0 Å². The van der Waals surface area contributed by atoms with Crippen molar-refractivity contribution in [2.45, 2.75) is 18.5 Å². The Hall–Kier alpha value is 0.960. The van der Waals surface area contributed by atoms with Crippen molar-refractivity contribution in [2.75, 3.05) is 13.1 Å². The summed E-state index contributed by atoms with van der Waals surface area (Å²) >= 11 is 2.25. The van der Waals surface area contributed by atoms with E-state index in [1.807, 2.05) is 0 Å². The molecule has 0 atom stereocenters. The first-order valence-corrected chi connectivity index (χ1v) is 6.57. The largest absolute Gasteiger partial charge is 0.312 e. The van der Waals surface area contributed by atoms with Gasteiger partial charge in [0.05, 0.1) is 5.66 Å². The first-order valence-electron chi connectivity index (χ1n) is 3.25. The summed E-state index contributed by atoms with van der Waals surface area (Å²) in [6, 6.07) is 0. The van der Waals surface area contributed by atoms with Crippen LogP contribution in [-0.4, -0.2) is 23.1 Å². The standard InChI is InChI=1S/C5H12IN3S/c6-10-9-3-1-2-5(7,8)4-9/h1-4,7-8H2. The highest BCUT2D eigenvalue weighted by molar-refractivity contribution is 14.2. The molecule has 1 heterocycles. The number of nitrogens with zero attached hydrogens (tertiary/aromatic N) is 1. The number of hydrogen-bond donors (Lipinski definition) is 2. The van der Waals surface area contributed by atoms with Crippen LogP contribution in [0.15, 0.2) is 0 Å². The van der Waals surface area contributed by atoms with Crippen molar-refractivity contribution >= 4 is 30.3 Å². The lowest BCUT2D eigenvalue weighted by molar-refractivity contribution is 0.249. The molecule has 0 saturated carbocycles. The third-order valence-electron chi connectivity index (χ3n) is 1.62. The number of nitrogens with two attached hydrogens (primary N) is 2. The molecule has 4 N–H and O–H groups in total. The van der Waals surface area contributed by atoms with Crippen molar-refractivity contribution in [1.29, 1.82) is 0 Å². The quantitative estimate of drug-likeness (QED) is 0.419. The topological polar surface area (TPSA) is 55.3 Å². The van der Waals surface area contributed by atoms with Crippen LogP contribution in [0.1, 0.15) is 12.8 Å². The zero-order chi connectivity index (χ0) is 7.61. The van der Waals surface area contributed by atoms with Gasteiger partial charge in [-0.05, 0) is 22.0 Å². The van der Waals surface area contributed by atoms with Crippen LogP contribution in [0.25, 0.3) is 0 Å². The molecular formula is C5H12IN3S. The van der Waals surface area contributed by atoms with Gasteiger partial charge in [-0.15, -0.1) is 0 Å². The average Bonchev–Trinajstić information content (AvgIpc) is 1.86. The minimum absolute atomic E-state index is 0.448. The van der Waals surface area contributed by atoms with Crippen LogP contribution in [0.3, 0.4) is 0 Å². The predicted octanol–water partition coefficient (Wildman–Crippen LogP) is 0.694. The van der Waals surface area contributed by atoms with Crippen LogP contribution >= 0.6 is 30.3 Å². The van der Waals surface area contributed by atoms with Crippen molar-refractivity contribution in [3.8, 4) is 0 Å². The highest BCUT2D eigenvalue weighted by Gasteiger charge is 2.27. The molecule has 0 unspecified atom stereocenters. The fraction of sp³-hybridized carbons (Fsp3) is 1.00. The number of hydrogen-bond acceptors (Lipinski definition) is 4. The highest BCUT2D eigenvalue weighted by Crippen LogP contribution is 2.25. The second-order valence-electron chi connectivity index (χ2n) is 2.77. The Morgan fingerprint density at radius 1 is 1.50 bits per heavy atom. The average molecular weight is 273 g/mol. The number of rotatable bonds is 1. The summed E-state index contributed by atoms with van der Waals surface area (Å²) < 4.78 is 2.20. The fourth-order valence-electron chi connectivity index (χ4n) is 1.13. The first kappa shape index (κ1) is 9.05. The van der Waals surface area contributed by atoms with E-state index in [9.17, 15) is 0 Å². The fourth-order valence-corrected chi connectivity index (χ4v) is 2.63. The summed E-state index contributed by atoms with van der Waals surface area (Å²) in [6.45, 7) is 1.92. The maximum absolute atomic E-state index is 5.76. The van der Waals surface area contributed by atoms with Crippen LogP contribution in [0.2, 0.25) is 0 Å². The lowest BCUT2D eigenvalue weighted by Crippen LogP contribution is -2.58. The molecular weight excluding hydrogens is 261 g/mol. The van der Waals surface area contributed by atoms with Gasteiger partial charge in [0.2, 0.25) is 0 Å². The van der Waals surface area contributed by atoms with Gasteiger partial charge in [0, 0.05) is 34.3 Å². The van der Waals surface area contributed by atoms with Crippen LogP contribution in [-0.2, 0) is 0 Å². The maximum Gasteiger partial charge on any atom is 0.0777 e. The molecule has 0 bridgehead atoms. The smallest absolute Gasteiger partial charge is 0.0777 e. The van der Waals surface area contributed by atoms with E-state index < -0.39 is 5.66 Å². The number of piperidine rings is 1. The van der Waals surface area contributed by atoms with Crippen LogP contribution in [0.5, 0.6) is 0 Å². The molecule has 10 heavy (non-hydrogen) atoms. The van der Waals surface area contributed by atoms with E-state index in [4.69, 9.17) is 11.5 Å². The molecule has 0 aromatic heterocycles. The molecule has 1 fully saturated rings. The van der Waals surface area contributed by atoms with Crippen LogP contribution < -0.4 is 11.5 Å². The van der Waals surface area contributed by atoms with Gasteiger partial charge in [0.25, 0.3) is 0 Å². The lowest BCUT2D eigenvalue weighted by atomic mass is 10.0. The molecule has 60 valence electrons. The summed E-state index contributed by atoms with van der Waals surface area (Å²) in [4.78, 5) is 0.